The van der Waals surface area contributed by atoms with Crippen molar-refractivity contribution in [3.05, 3.63) is 102 Å². The van der Waals surface area contributed by atoms with Crippen LogP contribution in [0.25, 0.3) is 0 Å². The van der Waals surface area contributed by atoms with Crippen molar-refractivity contribution in [2.24, 2.45) is 0 Å². The van der Waals surface area contributed by atoms with Crippen molar-refractivity contribution in [2.45, 2.75) is 62.7 Å². The van der Waals surface area contributed by atoms with Gasteiger partial charge in [0.2, 0.25) is 0 Å². The predicted octanol–water partition coefficient (Wildman–Crippen LogP) is 5.73. The molecule has 3 aromatic carbocycles. The number of rotatable bonds is 11. The van der Waals surface area contributed by atoms with E-state index in [1.807, 2.05) is 6.92 Å². The molecular weight excluding hydrogens is 458 g/mol. The lowest BCUT2D eigenvalue weighted by Crippen LogP contribution is -2.39. The van der Waals surface area contributed by atoms with Crippen molar-refractivity contribution in [1.29, 1.82) is 0 Å². The molecule has 0 atom stereocenters. The number of ether oxygens (including phenoxy) is 1. The largest absolute Gasteiger partial charge is 0.376 e. The molecule has 35 heavy (non-hydrogen) atoms. The van der Waals surface area contributed by atoms with Crippen LogP contribution in [-0.2, 0) is 32.1 Å². The fourth-order valence-corrected chi connectivity index (χ4v) is 5.55. The van der Waals surface area contributed by atoms with Gasteiger partial charge in [-0.15, -0.1) is 0 Å². The van der Waals surface area contributed by atoms with E-state index in [1.54, 1.807) is 24.3 Å². The van der Waals surface area contributed by atoms with Gasteiger partial charge in [-0.2, -0.15) is 8.42 Å². The van der Waals surface area contributed by atoms with Gasteiger partial charge in [0.1, 0.15) is 0 Å². The molecule has 5 nitrogen and oxygen atoms in total. The Labute approximate surface area is 209 Å². The first-order chi connectivity index (χ1) is 17.0. The van der Waals surface area contributed by atoms with Crippen LogP contribution in [0.4, 0.5) is 0 Å². The number of hydrogen-bond acceptors (Lipinski definition) is 5. The lowest BCUT2D eigenvalue weighted by atomic mass is 9.91. The summed E-state index contributed by atoms with van der Waals surface area (Å²) in [4.78, 5) is 2.76. The van der Waals surface area contributed by atoms with E-state index in [-0.39, 0.29) is 24.2 Å². The molecule has 0 saturated heterocycles. The minimum atomic E-state index is -3.75. The molecule has 0 radical (unpaired) electrons. The smallest absolute Gasteiger partial charge is 0.297 e. The van der Waals surface area contributed by atoms with Gasteiger partial charge in [0, 0.05) is 19.1 Å². The zero-order chi connectivity index (χ0) is 24.5. The Morgan fingerprint density at radius 1 is 0.743 bits per heavy atom. The van der Waals surface area contributed by atoms with Crippen LogP contribution in [0.1, 0.15) is 42.4 Å². The molecule has 0 bridgehead atoms. The molecule has 1 aliphatic rings. The van der Waals surface area contributed by atoms with Crippen LogP contribution < -0.4 is 0 Å². The highest BCUT2D eigenvalue weighted by Gasteiger charge is 2.27. The van der Waals surface area contributed by atoms with Crippen LogP contribution in [0, 0.1) is 6.92 Å². The second kappa shape index (κ2) is 12.5. The minimum absolute atomic E-state index is 0.0320. The van der Waals surface area contributed by atoms with Gasteiger partial charge in [0.15, 0.2) is 0 Å². The molecule has 0 aromatic heterocycles. The average molecular weight is 494 g/mol. The van der Waals surface area contributed by atoms with Gasteiger partial charge in [0.05, 0.1) is 24.2 Å². The summed E-state index contributed by atoms with van der Waals surface area (Å²) in [7, 11) is -3.75. The molecule has 186 valence electrons. The van der Waals surface area contributed by atoms with Crippen LogP contribution in [0.15, 0.2) is 89.8 Å². The van der Waals surface area contributed by atoms with E-state index in [0.29, 0.717) is 6.04 Å². The maximum absolute atomic E-state index is 12.3. The third-order valence-electron chi connectivity index (χ3n) is 6.60. The quantitative estimate of drug-likeness (QED) is 0.252. The van der Waals surface area contributed by atoms with E-state index in [4.69, 9.17) is 8.92 Å². The van der Waals surface area contributed by atoms with Crippen molar-refractivity contribution in [2.75, 3.05) is 13.2 Å². The van der Waals surface area contributed by atoms with Gasteiger partial charge < -0.3 is 4.74 Å². The van der Waals surface area contributed by atoms with Gasteiger partial charge in [-0.25, -0.2) is 0 Å². The van der Waals surface area contributed by atoms with Crippen molar-refractivity contribution in [3.8, 4) is 0 Å². The normalized spacial score (nSPS) is 18.6. The van der Waals surface area contributed by atoms with Gasteiger partial charge in [0.25, 0.3) is 10.1 Å². The van der Waals surface area contributed by atoms with Crippen molar-refractivity contribution >= 4 is 10.1 Å². The molecule has 1 fully saturated rings. The molecule has 0 N–H and O–H groups in total. The highest BCUT2D eigenvalue weighted by molar-refractivity contribution is 7.86. The molecule has 3 aromatic rings. The van der Waals surface area contributed by atoms with E-state index in [9.17, 15) is 8.42 Å². The SMILES string of the molecule is Cc1ccc(S(=O)(=O)OCCO[C@H]2CC[C@H](N(Cc3ccccc3)Cc3ccccc3)CC2)cc1. The second-order valence-corrected chi connectivity index (χ2v) is 10.9. The van der Waals surface area contributed by atoms with Crippen LogP contribution in [-0.4, -0.2) is 38.7 Å². The van der Waals surface area contributed by atoms with E-state index in [0.717, 1.165) is 44.3 Å². The maximum atomic E-state index is 12.3. The molecule has 0 amide bonds. The van der Waals surface area contributed by atoms with Crippen molar-refractivity contribution < 1.29 is 17.3 Å². The van der Waals surface area contributed by atoms with Crippen LogP contribution >= 0.6 is 0 Å². The Morgan fingerprint density at radius 3 is 1.83 bits per heavy atom. The van der Waals surface area contributed by atoms with E-state index in [2.05, 4.69) is 65.6 Å². The Bertz CT molecular complexity index is 1080. The standard InChI is InChI=1S/C29H35NO4S/c1-24-12-18-29(19-13-24)35(31,32)34-21-20-33-28-16-14-27(15-17-28)30(22-25-8-4-2-5-9-25)23-26-10-6-3-7-11-26/h2-13,18-19,27-28H,14-17,20-23H2,1H3/t27-,28-. The molecule has 6 heteroatoms. The summed E-state index contributed by atoms with van der Waals surface area (Å²) in [6.07, 6.45) is 4.21. The van der Waals surface area contributed by atoms with E-state index in [1.165, 1.54) is 11.1 Å². The van der Waals surface area contributed by atoms with Gasteiger partial charge >= 0.3 is 0 Å². The highest BCUT2D eigenvalue weighted by atomic mass is 32.2. The molecule has 0 spiro atoms. The fourth-order valence-electron chi connectivity index (χ4n) is 4.66. The Hall–Kier alpha value is -2.51. The van der Waals surface area contributed by atoms with Crippen LogP contribution in [0.2, 0.25) is 0 Å². The van der Waals surface area contributed by atoms with Crippen molar-refractivity contribution in [3.63, 3.8) is 0 Å². The summed E-state index contributed by atoms with van der Waals surface area (Å²) in [6.45, 7) is 4.08. The van der Waals surface area contributed by atoms with Crippen molar-refractivity contribution in [1.82, 2.24) is 4.90 Å². The molecule has 0 unspecified atom stereocenters. The summed E-state index contributed by atoms with van der Waals surface area (Å²) >= 11 is 0. The first kappa shape index (κ1) is 25.6. The first-order valence-electron chi connectivity index (χ1n) is 12.4. The summed E-state index contributed by atoms with van der Waals surface area (Å²) in [5.74, 6) is 0. The summed E-state index contributed by atoms with van der Waals surface area (Å²) in [5, 5.41) is 0. The molecule has 0 heterocycles. The lowest BCUT2D eigenvalue weighted by molar-refractivity contribution is -0.00595. The zero-order valence-electron chi connectivity index (χ0n) is 20.4. The summed E-state index contributed by atoms with van der Waals surface area (Å²) in [6, 6.07) is 28.5. The minimum Gasteiger partial charge on any atom is -0.376 e. The molecule has 4 rings (SSSR count). The molecule has 1 aliphatic carbocycles. The van der Waals surface area contributed by atoms with Crippen LogP contribution in [0.3, 0.4) is 0 Å². The maximum Gasteiger partial charge on any atom is 0.297 e. The Kier molecular flexibility index (Phi) is 9.10. The summed E-state index contributed by atoms with van der Waals surface area (Å²) < 4.78 is 35.8. The van der Waals surface area contributed by atoms with Gasteiger partial charge in [-0.05, 0) is 55.9 Å². The topological polar surface area (TPSA) is 55.8 Å². The Morgan fingerprint density at radius 2 is 1.29 bits per heavy atom. The van der Waals surface area contributed by atoms with E-state index >= 15 is 0 Å². The molecule has 0 aliphatic heterocycles. The number of aryl methyl sites for hydroxylation is 1. The highest BCUT2D eigenvalue weighted by Crippen LogP contribution is 2.28. The summed E-state index contributed by atoms with van der Waals surface area (Å²) in [5.41, 5.74) is 3.66. The first-order valence-corrected chi connectivity index (χ1v) is 13.8. The fraction of sp³-hybridized carbons (Fsp3) is 0.379. The molecule has 1 saturated carbocycles. The van der Waals surface area contributed by atoms with Gasteiger partial charge in [-0.1, -0.05) is 78.4 Å². The Balaban J connectivity index is 1.25. The predicted molar refractivity (Wildman–Crippen MR) is 138 cm³/mol. The third kappa shape index (κ3) is 7.74. The number of benzene rings is 3. The average Bonchev–Trinajstić information content (AvgIpc) is 2.88. The zero-order valence-corrected chi connectivity index (χ0v) is 21.2. The number of hydrogen-bond donors (Lipinski definition) is 0. The second-order valence-electron chi connectivity index (χ2n) is 9.27. The van der Waals surface area contributed by atoms with Crippen LogP contribution in [0.5, 0.6) is 0 Å². The van der Waals surface area contributed by atoms with Gasteiger partial charge in [-0.3, -0.25) is 9.08 Å². The lowest BCUT2D eigenvalue weighted by Gasteiger charge is -2.37. The van der Waals surface area contributed by atoms with E-state index < -0.39 is 10.1 Å². The third-order valence-corrected chi connectivity index (χ3v) is 7.93. The monoisotopic (exact) mass is 493 g/mol. The molecular formula is C29H35NO4S. The number of nitrogens with zero attached hydrogens (tertiary/aromatic N) is 1.